The molecule has 0 unspecified atom stereocenters. The fourth-order valence-electron chi connectivity index (χ4n) is 2.79. The van der Waals surface area contributed by atoms with Gasteiger partial charge in [-0.25, -0.2) is 4.79 Å². The SMILES string of the molecule is C=CCN(C(=O)NCC1(C(=O)O)CCCC1)C1CC1. The van der Waals surface area contributed by atoms with Crippen LogP contribution >= 0.6 is 0 Å². The van der Waals surface area contributed by atoms with Crippen molar-refractivity contribution in [2.75, 3.05) is 13.1 Å². The standard InChI is InChI=1S/C14H22N2O3/c1-2-9-16(11-5-6-11)13(19)15-10-14(12(17)18)7-3-4-8-14/h2,11H,1,3-10H2,(H,15,19)(H,17,18). The van der Waals surface area contributed by atoms with E-state index in [0.717, 1.165) is 25.7 Å². The van der Waals surface area contributed by atoms with Crippen LogP contribution < -0.4 is 5.32 Å². The van der Waals surface area contributed by atoms with Crippen LogP contribution in [0.4, 0.5) is 4.79 Å². The van der Waals surface area contributed by atoms with E-state index in [2.05, 4.69) is 11.9 Å². The molecule has 0 aliphatic heterocycles. The van der Waals surface area contributed by atoms with Gasteiger partial charge in [-0.1, -0.05) is 18.9 Å². The van der Waals surface area contributed by atoms with Crippen molar-refractivity contribution in [3.05, 3.63) is 12.7 Å². The van der Waals surface area contributed by atoms with Gasteiger partial charge in [-0.2, -0.15) is 0 Å². The second-order valence-corrected chi connectivity index (χ2v) is 5.62. The van der Waals surface area contributed by atoms with Crippen LogP contribution in [-0.2, 0) is 4.79 Å². The number of carbonyl (C=O) groups excluding carboxylic acids is 1. The number of carboxylic acids is 1. The van der Waals surface area contributed by atoms with Crippen molar-refractivity contribution in [3.8, 4) is 0 Å². The summed E-state index contributed by atoms with van der Waals surface area (Å²) in [6.45, 7) is 4.42. The Balaban J connectivity index is 1.90. The Morgan fingerprint density at radius 3 is 2.47 bits per heavy atom. The Morgan fingerprint density at radius 1 is 1.37 bits per heavy atom. The zero-order chi connectivity index (χ0) is 13.9. The monoisotopic (exact) mass is 266 g/mol. The second kappa shape index (κ2) is 5.63. The molecule has 106 valence electrons. The lowest BCUT2D eigenvalue weighted by Crippen LogP contribution is -2.47. The van der Waals surface area contributed by atoms with Crippen molar-refractivity contribution in [2.24, 2.45) is 5.41 Å². The summed E-state index contributed by atoms with van der Waals surface area (Å²) in [6, 6.07) is 0.150. The highest BCUT2D eigenvalue weighted by Gasteiger charge is 2.42. The van der Waals surface area contributed by atoms with E-state index in [0.29, 0.717) is 25.4 Å². The predicted molar refractivity (Wildman–Crippen MR) is 71.9 cm³/mol. The molecule has 5 heteroatoms. The quantitative estimate of drug-likeness (QED) is 0.722. The Labute approximate surface area is 113 Å². The van der Waals surface area contributed by atoms with Gasteiger partial charge in [-0.15, -0.1) is 6.58 Å². The molecule has 0 atom stereocenters. The highest BCUT2D eigenvalue weighted by atomic mass is 16.4. The molecular formula is C14H22N2O3. The number of aliphatic carboxylic acids is 1. The van der Waals surface area contributed by atoms with E-state index in [1.165, 1.54) is 0 Å². The van der Waals surface area contributed by atoms with Gasteiger partial charge in [-0.05, 0) is 25.7 Å². The van der Waals surface area contributed by atoms with Crippen molar-refractivity contribution in [2.45, 2.75) is 44.6 Å². The van der Waals surface area contributed by atoms with Gasteiger partial charge in [0.05, 0.1) is 5.41 Å². The van der Waals surface area contributed by atoms with Crippen LogP contribution in [0.5, 0.6) is 0 Å². The van der Waals surface area contributed by atoms with Gasteiger partial charge >= 0.3 is 12.0 Å². The summed E-state index contributed by atoms with van der Waals surface area (Å²) in [7, 11) is 0. The zero-order valence-electron chi connectivity index (χ0n) is 11.2. The number of carboxylic acid groups (broad SMARTS) is 1. The summed E-state index contributed by atoms with van der Waals surface area (Å²) in [5.41, 5.74) is -0.751. The molecule has 5 nitrogen and oxygen atoms in total. The molecule has 2 aliphatic carbocycles. The Bertz CT molecular complexity index is 371. The molecule has 2 saturated carbocycles. The summed E-state index contributed by atoms with van der Waals surface area (Å²) in [5, 5.41) is 12.2. The Kier molecular flexibility index (Phi) is 4.12. The van der Waals surface area contributed by atoms with E-state index >= 15 is 0 Å². The molecule has 0 aromatic heterocycles. The van der Waals surface area contributed by atoms with Crippen LogP contribution in [-0.4, -0.2) is 41.1 Å². The van der Waals surface area contributed by atoms with Crippen molar-refractivity contribution in [1.82, 2.24) is 10.2 Å². The largest absolute Gasteiger partial charge is 0.481 e. The van der Waals surface area contributed by atoms with Gasteiger partial charge in [0.25, 0.3) is 0 Å². The molecule has 2 rings (SSSR count). The Morgan fingerprint density at radius 2 is 2.00 bits per heavy atom. The smallest absolute Gasteiger partial charge is 0.317 e. The van der Waals surface area contributed by atoms with Crippen molar-refractivity contribution < 1.29 is 14.7 Å². The molecular weight excluding hydrogens is 244 g/mol. The van der Waals surface area contributed by atoms with Crippen LogP contribution in [0.15, 0.2) is 12.7 Å². The topological polar surface area (TPSA) is 69.6 Å². The van der Waals surface area contributed by atoms with Gasteiger partial charge in [0.1, 0.15) is 0 Å². The van der Waals surface area contributed by atoms with E-state index < -0.39 is 11.4 Å². The van der Waals surface area contributed by atoms with Crippen LogP contribution in [0.1, 0.15) is 38.5 Å². The maximum atomic E-state index is 12.1. The third-order valence-electron chi connectivity index (χ3n) is 4.17. The Hall–Kier alpha value is -1.52. The van der Waals surface area contributed by atoms with Crippen LogP contribution in [0.25, 0.3) is 0 Å². The van der Waals surface area contributed by atoms with Crippen LogP contribution in [0, 0.1) is 5.41 Å². The van der Waals surface area contributed by atoms with Gasteiger partial charge < -0.3 is 15.3 Å². The van der Waals surface area contributed by atoms with Crippen LogP contribution in [0.3, 0.4) is 0 Å². The summed E-state index contributed by atoms with van der Waals surface area (Å²) in [6.07, 6.45) is 6.96. The molecule has 0 saturated heterocycles. The molecule has 2 aliphatic rings. The molecule has 0 spiro atoms. The highest BCUT2D eigenvalue weighted by Crippen LogP contribution is 2.38. The zero-order valence-corrected chi connectivity index (χ0v) is 11.2. The minimum absolute atomic E-state index is 0.157. The number of urea groups is 1. The third-order valence-corrected chi connectivity index (χ3v) is 4.17. The van der Waals surface area contributed by atoms with Gasteiger partial charge in [0.15, 0.2) is 0 Å². The average Bonchev–Trinajstić information content (AvgIpc) is 3.10. The van der Waals surface area contributed by atoms with E-state index in [-0.39, 0.29) is 12.6 Å². The molecule has 2 amide bonds. The molecule has 2 N–H and O–H groups in total. The first-order valence-corrected chi connectivity index (χ1v) is 6.98. The first-order valence-electron chi connectivity index (χ1n) is 6.98. The number of carbonyl (C=O) groups is 2. The lowest BCUT2D eigenvalue weighted by molar-refractivity contribution is -0.148. The van der Waals surface area contributed by atoms with Gasteiger partial charge in [0.2, 0.25) is 0 Å². The minimum atomic E-state index is -0.785. The average molecular weight is 266 g/mol. The van der Waals surface area contributed by atoms with E-state index in [1.807, 2.05) is 0 Å². The van der Waals surface area contributed by atoms with Crippen molar-refractivity contribution in [3.63, 3.8) is 0 Å². The van der Waals surface area contributed by atoms with Crippen molar-refractivity contribution >= 4 is 12.0 Å². The fourth-order valence-corrected chi connectivity index (χ4v) is 2.79. The number of hydrogen-bond donors (Lipinski definition) is 2. The van der Waals surface area contributed by atoms with Crippen LogP contribution in [0.2, 0.25) is 0 Å². The third kappa shape index (κ3) is 3.08. The first kappa shape index (κ1) is 13.9. The minimum Gasteiger partial charge on any atom is -0.481 e. The lowest BCUT2D eigenvalue weighted by Gasteiger charge is -2.27. The van der Waals surface area contributed by atoms with E-state index in [9.17, 15) is 14.7 Å². The molecule has 0 radical (unpaired) electrons. The van der Waals surface area contributed by atoms with Gasteiger partial charge in [0, 0.05) is 19.1 Å². The number of rotatable bonds is 6. The van der Waals surface area contributed by atoms with E-state index in [1.54, 1.807) is 11.0 Å². The highest BCUT2D eigenvalue weighted by molar-refractivity contribution is 5.78. The normalized spacial score (nSPS) is 20.8. The maximum absolute atomic E-state index is 12.1. The molecule has 0 heterocycles. The van der Waals surface area contributed by atoms with Crippen molar-refractivity contribution in [1.29, 1.82) is 0 Å². The van der Waals surface area contributed by atoms with Gasteiger partial charge in [-0.3, -0.25) is 4.79 Å². The summed E-state index contributed by atoms with van der Waals surface area (Å²) in [4.78, 5) is 25.3. The maximum Gasteiger partial charge on any atom is 0.317 e. The molecule has 0 aromatic carbocycles. The fraction of sp³-hybridized carbons (Fsp3) is 0.714. The lowest BCUT2D eigenvalue weighted by atomic mass is 9.86. The second-order valence-electron chi connectivity index (χ2n) is 5.62. The first-order chi connectivity index (χ1) is 9.09. The van der Waals surface area contributed by atoms with E-state index in [4.69, 9.17) is 0 Å². The predicted octanol–water partition coefficient (Wildman–Crippen LogP) is 1.99. The summed E-state index contributed by atoms with van der Waals surface area (Å²) >= 11 is 0. The summed E-state index contributed by atoms with van der Waals surface area (Å²) < 4.78 is 0. The summed E-state index contributed by atoms with van der Waals surface area (Å²) in [5.74, 6) is -0.785. The number of nitrogens with one attached hydrogen (secondary N) is 1. The molecule has 19 heavy (non-hydrogen) atoms. The molecule has 0 bridgehead atoms. The number of hydrogen-bond acceptors (Lipinski definition) is 2. The molecule has 2 fully saturated rings. The number of amides is 2. The molecule has 0 aromatic rings. The number of nitrogens with zero attached hydrogens (tertiary/aromatic N) is 1.